The summed E-state index contributed by atoms with van der Waals surface area (Å²) in [6, 6.07) is 6.03. The molecule has 3 rings (SSSR count). The fraction of sp³-hybridized carbons (Fsp3) is 0.500. The molecule has 0 N–H and O–H groups in total. The van der Waals surface area contributed by atoms with E-state index in [1.54, 1.807) is 21.9 Å². The normalized spacial score (nSPS) is 18.1. The smallest absolute Gasteiger partial charge is 0.246 e. The van der Waals surface area contributed by atoms with E-state index in [0.717, 1.165) is 5.56 Å². The summed E-state index contributed by atoms with van der Waals surface area (Å²) in [6.45, 7) is 5.25. The number of hydrogen-bond acceptors (Lipinski definition) is 5. The van der Waals surface area contributed by atoms with Crippen LogP contribution in [-0.2, 0) is 22.7 Å². The molecule has 1 aliphatic heterocycles. The van der Waals surface area contributed by atoms with Gasteiger partial charge in [-0.2, -0.15) is 4.80 Å². The molecule has 0 bridgehead atoms. The Balaban J connectivity index is 1.75. The number of nitrogens with zero attached hydrogens (tertiary/aromatic N) is 6. The topological polar surface area (TPSA) is 84.2 Å². The van der Waals surface area contributed by atoms with Gasteiger partial charge in [0.2, 0.25) is 11.8 Å². The van der Waals surface area contributed by atoms with Crippen LogP contribution in [0.25, 0.3) is 0 Å². The molecule has 2 heterocycles. The van der Waals surface area contributed by atoms with E-state index in [1.807, 2.05) is 13.8 Å². The fourth-order valence-corrected chi connectivity index (χ4v) is 3.25. The van der Waals surface area contributed by atoms with E-state index in [0.29, 0.717) is 19.6 Å². The molecule has 1 aromatic heterocycles. The second kappa shape index (κ2) is 8.24. The molecule has 1 aromatic carbocycles. The number of carbonyl (C=O) groups is 2. The SMILES string of the molecule is CC(C)[C@H]1CN(C(=O)Cn2ncnn2)CCC(=O)N1Cc1ccc(F)cc1. The van der Waals surface area contributed by atoms with E-state index < -0.39 is 0 Å². The molecule has 144 valence electrons. The van der Waals surface area contributed by atoms with Crippen molar-refractivity contribution in [2.75, 3.05) is 13.1 Å². The summed E-state index contributed by atoms with van der Waals surface area (Å²) in [4.78, 5) is 30.1. The average molecular weight is 374 g/mol. The summed E-state index contributed by atoms with van der Waals surface area (Å²) in [5.74, 6) is -0.297. The van der Waals surface area contributed by atoms with Gasteiger partial charge < -0.3 is 9.80 Å². The first-order chi connectivity index (χ1) is 12.9. The molecule has 0 spiro atoms. The van der Waals surface area contributed by atoms with E-state index in [4.69, 9.17) is 0 Å². The van der Waals surface area contributed by atoms with Gasteiger partial charge in [0.25, 0.3) is 0 Å². The van der Waals surface area contributed by atoms with Crippen molar-refractivity contribution in [3.8, 4) is 0 Å². The van der Waals surface area contributed by atoms with Gasteiger partial charge in [0.15, 0.2) is 6.33 Å². The Morgan fingerprint density at radius 2 is 2.04 bits per heavy atom. The van der Waals surface area contributed by atoms with Gasteiger partial charge in [-0.3, -0.25) is 9.59 Å². The van der Waals surface area contributed by atoms with Crippen LogP contribution >= 0.6 is 0 Å². The number of benzene rings is 1. The van der Waals surface area contributed by atoms with Crippen LogP contribution in [0.4, 0.5) is 4.39 Å². The maximum atomic E-state index is 13.2. The van der Waals surface area contributed by atoms with Gasteiger partial charge in [-0.15, -0.1) is 10.2 Å². The number of halogens is 1. The van der Waals surface area contributed by atoms with Crippen molar-refractivity contribution in [1.82, 2.24) is 30.0 Å². The molecule has 2 amide bonds. The van der Waals surface area contributed by atoms with Crippen molar-refractivity contribution < 1.29 is 14.0 Å². The second-order valence-corrected chi connectivity index (χ2v) is 7.02. The molecule has 1 fully saturated rings. The van der Waals surface area contributed by atoms with Crippen LogP contribution in [0.15, 0.2) is 30.6 Å². The number of rotatable bonds is 5. The van der Waals surface area contributed by atoms with E-state index in [2.05, 4.69) is 15.4 Å². The summed E-state index contributed by atoms with van der Waals surface area (Å²) in [5.41, 5.74) is 0.863. The number of carbonyl (C=O) groups excluding carboxylic acids is 2. The van der Waals surface area contributed by atoms with E-state index in [9.17, 15) is 14.0 Å². The van der Waals surface area contributed by atoms with E-state index >= 15 is 0 Å². The predicted molar refractivity (Wildman–Crippen MR) is 94.6 cm³/mol. The number of tetrazole rings is 1. The minimum Gasteiger partial charge on any atom is -0.338 e. The van der Waals surface area contributed by atoms with E-state index in [1.165, 1.54) is 23.3 Å². The molecular formula is C18H23FN6O2. The van der Waals surface area contributed by atoms with Crippen molar-refractivity contribution in [2.45, 2.75) is 39.4 Å². The minimum absolute atomic E-state index is 0.00301. The van der Waals surface area contributed by atoms with Crippen LogP contribution in [0.1, 0.15) is 25.8 Å². The summed E-state index contributed by atoms with van der Waals surface area (Å²) in [6.07, 6.45) is 1.53. The van der Waals surface area contributed by atoms with Crippen LogP contribution < -0.4 is 0 Å². The summed E-state index contributed by atoms with van der Waals surface area (Å²) in [5, 5.41) is 11.2. The largest absolute Gasteiger partial charge is 0.338 e. The highest BCUT2D eigenvalue weighted by molar-refractivity contribution is 5.80. The molecule has 0 unspecified atom stereocenters. The molecule has 1 aliphatic rings. The quantitative estimate of drug-likeness (QED) is 0.782. The lowest BCUT2D eigenvalue weighted by Crippen LogP contribution is -2.47. The molecule has 0 aliphatic carbocycles. The highest BCUT2D eigenvalue weighted by Crippen LogP contribution is 2.21. The van der Waals surface area contributed by atoms with Crippen molar-refractivity contribution in [3.63, 3.8) is 0 Å². The zero-order valence-electron chi connectivity index (χ0n) is 15.5. The zero-order chi connectivity index (χ0) is 19.4. The standard InChI is InChI=1S/C18H23FN6O2/c1-13(2)16-10-23(18(27)11-25-21-12-20-22-25)8-7-17(26)24(16)9-14-3-5-15(19)6-4-14/h3-6,12-13,16H,7-11H2,1-2H3/t16-/m1/s1. The Hall–Kier alpha value is -2.84. The van der Waals surface area contributed by atoms with Crippen molar-refractivity contribution >= 4 is 11.8 Å². The van der Waals surface area contributed by atoms with Gasteiger partial charge >= 0.3 is 0 Å². The van der Waals surface area contributed by atoms with E-state index in [-0.39, 0.29) is 42.6 Å². The first kappa shape index (κ1) is 18.9. The predicted octanol–water partition coefficient (Wildman–Crippen LogP) is 1.10. The molecule has 8 nitrogen and oxygen atoms in total. The molecule has 0 saturated carbocycles. The van der Waals surface area contributed by atoms with Crippen LogP contribution in [-0.4, -0.2) is 61.0 Å². The van der Waals surface area contributed by atoms with Crippen molar-refractivity contribution in [1.29, 1.82) is 0 Å². The molecule has 1 atom stereocenters. The third-order valence-corrected chi connectivity index (χ3v) is 4.78. The van der Waals surface area contributed by atoms with Gasteiger partial charge in [0.05, 0.1) is 6.04 Å². The number of aromatic nitrogens is 4. The van der Waals surface area contributed by atoms with Crippen LogP contribution in [0.2, 0.25) is 0 Å². The summed E-state index contributed by atoms with van der Waals surface area (Å²) < 4.78 is 13.2. The minimum atomic E-state index is -0.306. The first-order valence-corrected chi connectivity index (χ1v) is 8.96. The summed E-state index contributed by atoms with van der Waals surface area (Å²) in [7, 11) is 0. The molecular weight excluding hydrogens is 351 g/mol. The molecule has 1 saturated heterocycles. The van der Waals surface area contributed by atoms with Gasteiger partial charge in [-0.05, 0) is 28.8 Å². The maximum absolute atomic E-state index is 13.2. The Morgan fingerprint density at radius 3 is 2.67 bits per heavy atom. The average Bonchev–Trinajstić information content (AvgIpc) is 3.08. The lowest BCUT2D eigenvalue weighted by Gasteiger charge is -2.34. The Kier molecular flexibility index (Phi) is 5.78. The maximum Gasteiger partial charge on any atom is 0.246 e. The monoisotopic (exact) mass is 374 g/mol. The third kappa shape index (κ3) is 4.66. The van der Waals surface area contributed by atoms with Crippen molar-refractivity contribution in [3.05, 3.63) is 42.0 Å². The zero-order valence-corrected chi connectivity index (χ0v) is 15.5. The number of amides is 2. The third-order valence-electron chi connectivity index (χ3n) is 4.78. The lowest BCUT2D eigenvalue weighted by molar-refractivity contribution is -0.134. The van der Waals surface area contributed by atoms with Gasteiger partial charge in [-0.1, -0.05) is 26.0 Å². The highest BCUT2D eigenvalue weighted by Gasteiger charge is 2.33. The Bertz CT molecular complexity index is 778. The second-order valence-electron chi connectivity index (χ2n) is 7.02. The molecule has 27 heavy (non-hydrogen) atoms. The lowest BCUT2D eigenvalue weighted by atomic mass is 10.0. The summed E-state index contributed by atoms with van der Waals surface area (Å²) >= 11 is 0. The molecule has 9 heteroatoms. The molecule has 0 radical (unpaired) electrons. The Morgan fingerprint density at radius 1 is 1.30 bits per heavy atom. The first-order valence-electron chi connectivity index (χ1n) is 8.96. The van der Waals surface area contributed by atoms with Gasteiger partial charge in [0.1, 0.15) is 12.4 Å². The molecule has 2 aromatic rings. The van der Waals surface area contributed by atoms with Gasteiger partial charge in [-0.25, -0.2) is 4.39 Å². The van der Waals surface area contributed by atoms with Gasteiger partial charge in [0, 0.05) is 26.1 Å². The van der Waals surface area contributed by atoms with Crippen LogP contribution in [0, 0.1) is 11.7 Å². The fourth-order valence-electron chi connectivity index (χ4n) is 3.25. The highest BCUT2D eigenvalue weighted by atomic mass is 19.1. The van der Waals surface area contributed by atoms with Crippen LogP contribution in [0.3, 0.4) is 0 Å². The van der Waals surface area contributed by atoms with Crippen LogP contribution in [0.5, 0.6) is 0 Å². The van der Waals surface area contributed by atoms with Crippen molar-refractivity contribution in [2.24, 2.45) is 5.92 Å². The Labute approximate surface area is 156 Å². The number of hydrogen-bond donors (Lipinski definition) is 0.